The molecule has 7 heteroatoms. The maximum atomic E-state index is 13.2. The summed E-state index contributed by atoms with van der Waals surface area (Å²) in [5.74, 6) is -0.519. The van der Waals surface area contributed by atoms with Crippen molar-refractivity contribution in [3.8, 4) is 0 Å². The van der Waals surface area contributed by atoms with E-state index in [-0.39, 0.29) is 5.84 Å². The smallest absolute Gasteiger partial charge is 0.170 e. The van der Waals surface area contributed by atoms with E-state index in [0.29, 0.717) is 12.1 Å². The van der Waals surface area contributed by atoms with Crippen molar-refractivity contribution in [2.24, 2.45) is 17.9 Å². The van der Waals surface area contributed by atoms with Crippen molar-refractivity contribution in [3.05, 3.63) is 53.1 Å². The Balaban J connectivity index is 1.93. The van der Waals surface area contributed by atoms with Crippen molar-refractivity contribution < 1.29 is 9.60 Å². The highest BCUT2D eigenvalue weighted by atomic mass is 19.1. The van der Waals surface area contributed by atoms with Crippen LogP contribution in [-0.2, 0) is 20.0 Å². The number of hydrogen-bond donors (Lipinski definition) is 3. The van der Waals surface area contributed by atoms with Gasteiger partial charge < -0.3 is 16.3 Å². The summed E-state index contributed by atoms with van der Waals surface area (Å²) in [6.07, 6.45) is 4.62. The zero-order valence-electron chi connectivity index (χ0n) is 11.8. The quantitative estimate of drug-likeness (QED) is 0.243. The van der Waals surface area contributed by atoms with Gasteiger partial charge in [0.05, 0.1) is 6.20 Å². The Labute approximate surface area is 122 Å². The molecule has 0 amide bonds. The highest BCUT2D eigenvalue weighted by Crippen LogP contribution is 2.11. The average Bonchev–Trinajstić information content (AvgIpc) is 2.89. The molecule has 0 aliphatic heterocycles. The molecule has 0 saturated carbocycles. The molecule has 1 aromatic carbocycles. The molecule has 0 bridgehead atoms. The summed E-state index contributed by atoms with van der Waals surface area (Å²) in [5.41, 5.74) is 7.87. The minimum absolute atomic E-state index is 0.0986. The highest BCUT2D eigenvalue weighted by molar-refractivity contribution is 5.98. The number of benzene rings is 1. The predicted octanol–water partition coefficient (Wildman–Crippen LogP) is 0.986. The maximum absolute atomic E-state index is 13.2. The largest absolute Gasteiger partial charge is 0.409 e. The van der Waals surface area contributed by atoms with Gasteiger partial charge in [0.25, 0.3) is 0 Å². The Morgan fingerprint density at radius 3 is 3.00 bits per heavy atom. The third kappa shape index (κ3) is 4.03. The van der Waals surface area contributed by atoms with E-state index >= 15 is 0 Å². The zero-order chi connectivity index (χ0) is 15.2. The standard InChI is InChI=1S/C14H18FN5O/c1-20-9-10(7-18-20)4-5-17-8-11-2-3-12(15)6-13(11)14(16)19-21/h2-3,6-7,9,17,21H,4-5,8H2,1H3,(H2,16,19). The Morgan fingerprint density at radius 1 is 1.52 bits per heavy atom. The Bertz CT molecular complexity index is 638. The van der Waals surface area contributed by atoms with Crippen molar-refractivity contribution in [2.45, 2.75) is 13.0 Å². The summed E-state index contributed by atoms with van der Waals surface area (Å²) in [5, 5.41) is 19.0. The molecular weight excluding hydrogens is 273 g/mol. The Morgan fingerprint density at radius 2 is 2.33 bits per heavy atom. The number of nitrogens with two attached hydrogens (primary N) is 1. The zero-order valence-corrected chi connectivity index (χ0v) is 11.8. The molecule has 0 aliphatic carbocycles. The number of nitrogens with zero attached hydrogens (tertiary/aromatic N) is 3. The number of rotatable bonds is 6. The molecule has 4 N–H and O–H groups in total. The van der Waals surface area contributed by atoms with Crippen molar-refractivity contribution >= 4 is 5.84 Å². The highest BCUT2D eigenvalue weighted by Gasteiger charge is 2.08. The van der Waals surface area contributed by atoms with Gasteiger partial charge in [-0.3, -0.25) is 4.68 Å². The summed E-state index contributed by atoms with van der Waals surface area (Å²) >= 11 is 0. The summed E-state index contributed by atoms with van der Waals surface area (Å²) in [4.78, 5) is 0. The van der Waals surface area contributed by atoms with Gasteiger partial charge in [0.2, 0.25) is 0 Å². The molecule has 0 spiro atoms. The van der Waals surface area contributed by atoms with Gasteiger partial charge in [-0.1, -0.05) is 11.2 Å². The molecule has 2 aromatic rings. The molecule has 6 nitrogen and oxygen atoms in total. The lowest BCUT2D eigenvalue weighted by Gasteiger charge is -2.09. The minimum Gasteiger partial charge on any atom is -0.409 e. The lowest BCUT2D eigenvalue weighted by molar-refractivity contribution is 0.318. The first-order valence-corrected chi connectivity index (χ1v) is 6.54. The molecule has 0 saturated heterocycles. The minimum atomic E-state index is -0.421. The lowest BCUT2D eigenvalue weighted by Crippen LogP contribution is -2.21. The number of nitrogens with one attached hydrogen (secondary N) is 1. The van der Waals surface area contributed by atoms with Crippen LogP contribution < -0.4 is 11.1 Å². The first kappa shape index (κ1) is 15.0. The van der Waals surface area contributed by atoms with Crippen LogP contribution in [0.5, 0.6) is 0 Å². The van der Waals surface area contributed by atoms with E-state index in [4.69, 9.17) is 10.9 Å². The van der Waals surface area contributed by atoms with Crippen molar-refractivity contribution in [1.82, 2.24) is 15.1 Å². The number of aryl methyl sites for hydroxylation is 1. The molecule has 0 fully saturated rings. The van der Waals surface area contributed by atoms with E-state index in [0.717, 1.165) is 24.1 Å². The number of hydrogen-bond acceptors (Lipinski definition) is 4. The fourth-order valence-electron chi connectivity index (χ4n) is 2.05. The lowest BCUT2D eigenvalue weighted by atomic mass is 10.1. The molecule has 0 unspecified atom stereocenters. The fraction of sp³-hybridized carbons (Fsp3) is 0.286. The first-order chi connectivity index (χ1) is 10.1. The van der Waals surface area contributed by atoms with E-state index in [1.165, 1.54) is 12.1 Å². The van der Waals surface area contributed by atoms with Crippen LogP contribution >= 0.6 is 0 Å². The van der Waals surface area contributed by atoms with Crippen LogP contribution in [0.15, 0.2) is 35.7 Å². The van der Waals surface area contributed by atoms with E-state index in [1.807, 2.05) is 19.4 Å². The molecule has 2 rings (SSSR count). The topological polar surface area (TPSA) is 88.5 Å². The van der Waals surface area contributed by atoms with Crippen LogP contribution in [0, 0.1) is 5.82 Å². The number of halogens is 1. The molecule has 112 valence electrons. The Hall–Kier alpha value is -2.41. The van der Waals surface area contributed by atoms with Crippen molar-refractivity contribution in [3.63, 3.8) is 0 Å². The second kappa shape index (κ2) is 6.85. The molecule has 0 radical (unpaired) electrons. The normalized spacial score (nSPS) is 11.8. The molecule has 21 heavy (non-hydrogen) atoms. The molecule has 1 heterocycles. The van der Waals surface area contributed by atoms with Crippen LogP contribution in [0.25, 0.3) is 0 Å². The number of oxime groups is 1. The Kier molecular flexibility index (Phi) is 4.89. The number of aromatic nitrogens is 2. The van der Waals surface area contributed by atoms with Gasteiger partial charge in [-0.15, -0.1) is 0 Å². The summed E-state index contributed by atoms with van der Waals surface area (Å²) in [6, 6.07) is 4.24. The van der Waals surface area contributed by atoms with Crippen LogP contribution in [0.1, 0.15) is 16.7 Å². The van der Waals surface area contributed by atoms with Gasteiger partial charge in [0, 0.05) is 25.4 Å². The van der Waals surface area contributed by atoms with Crippen molar-refractivity contribution in [1.29, 1.82) is 0 Å². The molecule has 1 aromatic heterocycles. The average molecular weight is 291 g/mol. The number of amidine groups is 1. The molecular formula is C14H18FN5O. The third-order valence-corrected chi connectivity index (χ3v) is 3.12. The van der Waals surface area contributed by atoms with Crippen LogP contribution in [0.3, 0.4) is 0 Å². The van der Waals surface area contributed by atoms with Crippen LogP contribution in [-0.4, -0.2) is 27.4 Å². The molecule has 0 aliphatic rings. The van der Waals surface area contributed by atoms with Crippen LogP contribution in [0.4, 0.5) is 4.39 Å². The second-order valence-corrected chi connectivity index (χ2v) is 4.74. The monoisotopic (exact) mass is 291 g/mol. The van der Waals surface area contributed by atoms with Gasteiger partial charge >= 0.3 is 0 Å². The van der Waals surface area contributed by atoms with E-state index in [1.54, 1.807) is 10.7 Å². The SMILES string of the molecule is Cn1cc(CCNCc2ccc(F)cc2/C(N)=N/O)cn1. The maximum Gasteiger partial charge on any atom is 0.170 e. The van der Waals surface area contributed by atoms with E-state index in [9.17, 15) is 4.39 Å². The van der Waals surface area contributed by atoms with Gasteiger partial charge in [-0.25, -0.2) is 4.39 Å². The predicted molar refractivity (Wildman–Crippen MR) is 77.5 cm³/mol. The van der Waals surface area contributed by atoms with Gasteiger partial charge in [0.15, 0.2) is 5.84 Å². The van der Waals surface area contributed by atoms with E-state index < -0.39 is 5.82 Å². The fourth-order valence-corrected chi connectivity index (χ4v) is 2.05. The summed E-state index contributed by atoms with van der Waals surface area (Å²) in [6.45, 7) is 1.25. The van der Waals surface area contributed by atoms with Gasteiger partial charge in [0.1, 0.15) is 5.82 Å². The third-order valence-electron chi connectivity index (χ3n) is 3.12. The first-order valence-electron chi connectivity index (χ1n) is 6.54. The van der Waals surface area contributed by atoms with Gasteiger partial charge in [-0.05, 0) is 36.2 Å². The van der Waals surface area contributed by atoms with E-state index in [2.05, 4.69) is 15.6 Å². The van der Waals surface area contributed by atoms with Crippen LogP contribution in [0.2, 0.25) is 0 Å². The second-order valence-electron chi connectivity index (χ2n) is 4.74. The molecule has 0 atom stereocenters. The summed E-state index contributed by atoms with van der Waals surface area (Å²) < 4.78 is 15.0. The van der Waals surface area contributed by atoms with Crippen molar-refractivity contribution in [2.75, 3.05) is 6.54 Å². The summed E-state index contributed by atoms with van der Waals surface area (Å²) in [7, 11) is 1.87. The van der Waals surface area contributed by atoms with Gasteiger partial charge in [-0.2, -0.15) is 5.10 Å².